The summed E-state index contributed by atoms with van der Waals surface area (Å²) in [4.78, 5) is 15.9. The van der Waals surface area contributed by atoms with Gasteiger partial charge in [0.15, 0.2) is 11.5 Å². The van der Waals surface area contributed by atoms with Gasteiger partial charge in [0.2, 0.25) is 0 Å². The van der Waals surface area contributed by atoms with Crippen LogP contribution in [0.5, 0.6) is 11.5 Å². The number of carbonyl (C=O) groups is 1. The number of hydrogen-bond donors (Lipinski definition) is 0. The van der Waals surface area contributed by atoms with Crippen LogP contribution in [0.4, 0.5) is 0 Å². The quantitative estimate of drug-likeness (QED) is 0.589. The third-order valence-corrected chi connectivity index (χ3v) is 8.57. The van der Waals surface area contributed by atoms with Gasteiger partial charge in [0.25, 0.3) is 5.91 Å². The minimum Gasteiger partial charge on any atom is -0.490 e. The van der Waals surface area contributed by atoms with Crippen molar-refractivity contribution in [1.82, 2.24) is 14.5 Å². The second-order valence-corrected chi connectivity index (χ2v) is 11.2. The second-order valence-electron chi connectivity index (χ2n) is 10.4. The number of nitrogens with zero attached hydrogens (tertiary/aromatic N) is 3. The molecule has 0 aliphatic carbocycles. The SMILES string of the molecule is CCCc1nnsc1C(=O)N1CCC2(CC1)CO[C@@H]1c3cccc(OCC)c3OC(C)(C)[C@H]1C2. The van der Waals surface area contributed by atoms with Crippen molar-refractivity contribution in [3.05, 3.63) is 34.3 Å². The molecule has 2 fully saturated rings. The summed E-state index contributed by atoms with van der Waals surface area (Å²) in [6, 6.07) is 6.11. The fraction of sp³-hybridized carbons (Fsp3) is 0.654. The first-order valence-corrected chi connectivity index (χ1v) is 13.3. The minimum atomic E-state index is -0.366. The van der Waals surface area contributed by atoms with Gasteiger partial charge in [0.05, 0.1) is 25.0 Å². The zero-order chi connectivity index (χ0) is 23.9. The number of hydrogen-bond acceptors (Lipinski definition) is 7. The number of rotatable bonds is 5. The number of aryl methyl sites for hydroxylation is 1. The van der Waals surface area contributed by atoms with E-state index in [-0.39, 0.29) is 28.9 Å². The standard InChI is InChI=1S/C26H35N3O4S/c1-5-8-19-23(34-28-27-19)24(30)29-13-11-26(12-14-29)15-18-21(32-16-26)17-9-7-10-20(31-6-2)22(17)33-25(18,3)4/h7,9-10,18,21H,5-6,8,11-16H2,1-4H3/t18-,21+/m0/s1. The smallest absolute Gasteiger partial charge is 0.267 e. The predicted molar refractivity (Wildman–Crippen MR) is 131 cm³/mol. The largest absolute Gasteiger partial charge is 0.490 e. The van der Waals surface area contributed by atoms with Crippen LogP contribution < -0.4 is 9.47 Å². The zero-order valence-electron chi connectivity index (χ0n) is 20.6. The molecule has 1 spiro atoms. The summed E-state index contributed by atoms with van der Waals surface area (Å²) in [6.07, 6.45) is 4.69. The monoisotopic (exact) mass is 485 g/mol. The van der Waals surface area contributed by atoms with E-state index in [0.717, 1.165) is 68.0 Å². The summed E-state index contributed by atoms with van der Waals surface area (Å²) in [5.41, 5.74) is 1.65. The van der Waals surface area contributed by atoms with Crippen molar-refractivity contribution in [2.24, 2.45) is 11.3 Å². The topological polar surface area (TPSA) is 73.8 Å². The highest BCUT2D eigenvalue weighted by atomic mass is 32.1. The van der Waals surface area contributed by atoms with Crippen molar-refractivity contribution in [3.63, 3.8) is 0 Å². The summed E-state index contributed by atoms with van der Waals surface area (Å²) < 4.78 is 23.1. The number of para-hydroxylation sites is 1. The predicted octanol–water partition coefficient (Wildman–Crippen LogP) is 5.06. The van der Waals surface area contributed by atoms with E-state index in [4.69, 9.17) is 14.2 Å². The lowest BCUT2D eigenvalue weighted by atomic mass is 9.64. The highest BCUT2D eigenvalue weighted by molar-refractivity contribution is 7.08. The molecule has 4 heterocycles. The Morgan fingerprint density at radius 2 is 2.06 bits per heavy atom. The van der Waals surface area contributed by atoms with Gasteiger partial charge in [-0.25, -0.2) is 0 Å². The number of fused-ring (bicyclic) bond motifs is 3. The van der Waals surface area contributed by atoms with E-state index in [9.17, 15) is 4.79 Å². The number of carbonyl (C=O) groups excluding carboxylic acids is 1. The molecule has 2 saturated heterocycles. The number of ether oxygens (including phenoxy) is 3. The molecule has 2 aromatic rings. The second kappa shape index (κ2) is 9.11. The molecule has 5 rings (SSSR count). The van der Waals surface area contributed by atoms with E-state index >= 15 is 0 Å². The third kappa shape index (κ3) is 4.09. The number of aromatic nitrogens is 2. The summed E-state index contributed by atoms with van der Waals surface area (Å²) >= 11 is 1.23. The summed E-state index contributed by atoms with van der Waals surface area (Å²) in [7, 11) is 0. The zero-order valence-corrected chi connectivity index (χ0v) is 21.5. The van der Waals surface area contributed by atoms with E-state index in [1.807, 2.05) is 24.0 Å². The van der Waals surface area contributed by atoms with Crippen LogP contribution in [0.25, 0.3) is 0 Å². The Hall–Kier alpha value is -2.19. The van der Waals surface area contributed by atoms with E-state index in [1.165, 1.54) is 11.5 Å². The first kappa shape index (κ1) is 23.5. The number of benzene rings is 1. The molecule has 1 aromatic carbocycles. The van der Waals surface area contributed by atoms with Crippen LogP contribution >= 0.6 is 11.5 Å². The Balaban J connectivity index is 1.31. The maximum atomic E-state index is 13.2. The van der Waals surface area contributed by atoms with E-state index in [1.54, 1.807) is 0 Å². The fourth-order valence-electron chi connectivity index (χ4n) is 5.85. The minimum absolute atomic E-state index is 0.00399. The van der Waals surface area contributed by atoms with Gasteiger partial charge in [0.1, 0.15) is 10.5 Å². The molecule has 184 valence electrons. The Labute approximate surface area is 205 Å². The Kier molecular flexibility index (Phi) is 6.31. The van der Waals surface area contributed by atoms with Gasteiger partial charge in [-0.15, -0.1) is 5.10 Å². The molecule has 1 aromatic heterocycles. The van der Waals surface area contributed by atoms with E-state index in [0.29, 0.717) is 18.1 Å². The van der Waals surface area contributed by atoms with Crippen LogP contribution in [0.15, 0.2) is 18.2 Å². The third-order valence-electron chi connectivity index (χ3n) is 7.81. The highest BCUT2D eigenvalue weighted by Crippen LogP contribution is 2.57. The van der Waals surface area contributed by atoms with Gasteiger partial charge < -0.3 is 19.1 Å². The van der Waals surface area contributed by atoms with Crippen LogP contribution in [0.1, 0.15) is 80.4 Å². The molecule has 0 saturated carbocycles. The molecule has 1 amide bonds. The lowest BCUT2D eigenvalue weighted by Crippen LogP contribution is -2.54. The van der Waals surface area contributed by atoms with Gasteiger partial charge in [0, 0.05) is 24.6 Å². The Morgan fingerprint density at radius 3 is 2.79 bits per heavy atom. The summed E-state index contributed by atoms with van der Waals surface area (Å²) in [5.74, 6) is 1.95. The molecular formula is C26H35N3O4S. The maximum Gasteiger partial charge on any atom is 0.267 e. The van der Waals surface area contributed by atoms with Crippen molar-refractivity contribution in [1.29, 1.82) is 0 Å². The Bertz CT molecular complexity index is 1040. The molecule has 0 unspecified atom stereocenters. The lowest BCUT2D eigenvalue weighted by molar-refractivity contribution is -0.173. The van der Waals surface area contributed by atoms with Crippen LogP contribution in [0.3, 0.4) is 0 Å². The van der Waals surface area contributed by atoms with Crippen molar-refractivity contribution in [2.75, 3.05) is 26.3 Å². The molecule has 0 N–H and O–H groups in total. The van der Waals surface area contributed by atoms with Crippen LogP contribution in [-0.2, 0) is 11.2 Å². The molecule has 8 heteroatoms. The number of likely N-dealkylation sites (tertiary alicyclic amines) is 1. The molecule has 7 nitrogen and oxygen atoms in total. The number of amides is 1. The van der Waals surface area contributed by atoms with Crippen LogP contribution in [-0.4, -0.2) is 52.3 Å². The van der Waals surface area contributed by atoms with Crippen molar-refractivity contribution < 1.29 is 19.0 Å². The average Bonchev–Trinajstić information content (AvgIpc) is 3.29. The molecule has 0 bridgehead atoms. The van der Waals surface area contributed by atoms with Gasteiger partial charge in [-0.1, -0.05) is 30.0 Å². The molecule has 34 heavy (non-hydrogen) atoms. The van der Waals surface area contributed by atoms with Crippen molar-refractivity contribution in [3.8, 4) is 11.5 Å². The van der Waals surface area contributed by atoms with E-state index < -0.39 is 0 Å². The van der Waals surface area contributed by atoms with E-state index in [2.05, 4.69) is 36.4 Å². The highest BCUT2D eigenvalue weighted by Gasteiger charge is 2.53. The molecule has 3 aliphatic heterocycles. The fourth-order valence-corrected chi connectivity index (χ4v) is 6.53. The maximum absolute atomic E-state index is 13.2. The van der Waals surface area contributed by atoms with Gasteiger partial charge in [-0.2, -0.15) is 0 Å². The number of piperidine rings is 1. The van der Waals surface area contributed by atoms with Gasteiger partial charge in [-0.3, -0.25) is 4.79 Å². The normalized spacial score (nSPS) is 24.8. The first-order valence-electron chi connectivity index (χ1n) is 12.5. The summed E-state index contributed by atoms with van der Waals surface area (Å²) in [6.45, 7) is 11.2. The molecule has 3 aliphatic rings. The van der Waals surface area contributed by atoms with Crippen molar-refractivity contribution >= 4 is 17.4 Å². The molecule has 0 radical (unpaired) electrons. The Morgan fingerprint density at radius 1 is 1.26 bits per heavy atom. The van der Waals surface area contributed by atoms with Gasteiger partial charge in [-0.05, 0) is 69.5 Å². The molecule has 2 atom stereocenters. The van der Waals surface area contributed by atoms with Crippen LogP contribution in [0, 0.1) is 11.3 Å². The molecular weight excluding hydrogens is 450 g/mol. The lowest BCUT2D eigenvalue weighted by Gasteiger charge is -2.54. The van der Waals surface area contributed by atoms with Crippen molar-refractivity contribution in [2.45, 2.75) is 71.5 Å². The van der Waals surface area contributed by atoms with Gasteiger partial charge >= 0.3 is 0 Å². The first-order chi connectivity index (χ1) is 16.4. The summed E-state index contributed by atoms with van der Waals surface area (Å²) in [5, 5.41) is 4.18. The average molecular weight is 486 g/mol. The van der Waals surface area contributed by atoms with Crippen LogP contribution in [0.2, 0.25) is 0 Å².